The molecule has 0 atom stereocenters. The van der Waals surface area contributed by atoms with Crippen molar-refractivity contribution in [1.82, 2.24) is 20.1 Å². The van der Waals surface area contributed by atoms with Gasteiger partial charge in [0.2, 0.25) is 0 Å². The van der Waals surface area contributed by atoms with Crippen LogP contribution in [0.5, 0.6) is 0 Å². The topological polar surface area (TPSA) is 42.7 Å². The minimum Gasteiger partial charge on any atom is -0.320 e. The summed E-state index contributed by atoms with van der Waals surface area (Å²) >= 11 is 5.91. The lowest BCUT2D eigenvalue weighted by Gasteiger charge is -2.07. The van der Waals surface area contributed by atoms with E-state index in [1.807, 2.05) is 29.8 Å². The maximum Gasteiger partial charge on any atom is 0.146 e. The molecule has 1 aromatic carbocycles. The molecular weight excluding hydrogens is 236 g/mol. The van der Waals surface area contributed by atoms with Crippen LogP contribution in [0.25, 0.3) is 0 Å². The summed E-state index contributed by atoms with van der Waals surface area (Å²) in [6.45, 7) is 3.57. The fourth-order valence-corrected chi connectivity index (χ4v) is 1.86. The molecule has 2 rings (SSSR count). The van der Waals surface area contributed by atoms with Gasteiger partial charge in [0.25, 0.3) is 0 Å². The average molecular weight is 251 g/mol. The van der Waals surface area contributed by atoms with Crippen molar-refractivity contribution in [3.05, 3.63) is 46.5 Å². The highest BCUT2D eigenvalue weighted by Crippen LogP contribution is 2.14. The van der Waals surface area contributed by atoms with Crippen molar-refractivity contribution in [3.63, 3.8) is 0 Å². The van der Waals surface area contributed by atoms with Crippen molar-refractivity contribution < 1.29 is 0 Å². The standard InChI is InChI=1S/C12H15ClN4/c1-9-5-11(13)4-3-10(9)6-14-7-12-16-15-8-17(12)2/h3-5,8,14H,6-7H2,1-2H3. The van der Waals surface area contributed by atoms with Gasteiger partial charge in [-0.25, -0.2) is 0 Å². The quantitative estimate of drug-likeness (QED) is 0.903. The summed E-state index contributed by atoms with van der Waals surface area (Å²) in [6, 6.07) is 5.93. The molecule has 17 heavy (non-hydrogen) atoms. The largest absolute Gasteiger partial charge is 0.320 e. The highest BCUT2D eigenvalue weighted by Gasteiger charge is 2.02. The number of hydrogen-bond acceptors (Lipinski definition) is 3. The number of nitrogens with one attached hydrogen (secondary N) is 1. The van der Waals surface area contributed by atoms with E-state index in [1.54, 1.807) is 6.33 Å². The van der Waals surface area contributed by atoms with Crippen LogP contribution in [0.3, 0.4) is 0 Å². The molecule has 0 aliphatic heterocycles. The number of hydrogen-bond donors (Lipinski definition) is 1. The predicted molar refractivity (Wildman–Crippen MR) is 67.7 cm³/mol. The van der Waals surface area contributed by atoms with Gasteiger partial charge in [0.05, 0.1) is 6.54 Å². The molecule has 0 spiro atoms. The van der Waals surface area contributed by atoms with E-state index in [1.165, 1.54) is 11.1 Å². The Morgan fingerprint density at radius 2 is 2.18 bits per heavy atom. The monoisotopic (exact) mass is 250 g/mol. The summed E-state index contributed by atoms with van der Waals surface area (Å²) in [5, 5.41) is 12.0. The van der Waals surface area contributed by atoms with Crippen LogP contribution in [0.2, 0.25) is 5.02 Å². The first-order chi connectivity index (χ1) is 8.16. The van der Waals surface area contributed by atoms with E-state index in [0.29, 0.717) is 6.54 Å². The fraction of sp³-hybridized carbons (Fsp3) is 0.333. The number of aryl methyl sites for hydroxylation is 2. The molecule has 1 aromatic heterocycles. The maximum atomic E-state index is 5.91. The molecular formula is C12H15ClN4. The van der Waals surface area contributed by atoms with Crippen LogP contribution < -0.4 is 5.32 Å². The second kappa shape index (κ2) is 5.29. The van der Waals surface area contributed by atoms with Gasteiger partial charge in [-0.2, -0.15) is 0 Å². The van der Waals surface area contributed by atoms with E-state index in [2.05, 4.69) is 22.4 Å². The smallest absolute Gasteiger partial charge is 0.146 e. The van der Waals surface area contributed by atoms with Gasteiger partial charge in [0.1, 0.15) is 12.2 Å². The van der Waals surface area contributed by atoms with E-state index in [0.717, 1.165) is 17.4 Å². The molecule has 5 heteroatoms. The van der Waals surface area contributed by atoms with Crippen molar-refractivity contribution in [2.45, 2.75) is 20.0 Å². The molecule has 1 N–H and O–H groups in total. The summed E-state index contributed by atoms with van der Waals surface area (Å²) in [6.07, 6.45) is 1.70. The van der Waals surface area contributed by atoms with E-state index in [9.17, 15) is 0 Å². The first-order valence-corrected chi connectivity index (χ1v) is 5.83. The molecule has 0 amide bonds. The van der Waals surface area contributed by atoms with E-state index >= 15 is 0 Å². The van der Waals surface area contributed by atoms with Crippen molar-refractivity contribution >= 4 is 11.6 Å². The number of benzene rings is 1. The molecule has 0 unspecified atom stereocenters. The zero-order valence-corrected chi connectivity index (χ0v) is 10.7. The molecule has 0 aliphatic rings. The summed E-state index contributed by atoms with van der Waals surface area (Å²) in [5.74, 6) is 0.927. The van der Waals surface area contributed by atoms with Gasteiger partial charge in [-0.1, -0.05) is 17.7 Å². The molecule has 0 bridgehead atoms. The maximum absolute atomic E-state index is 5.91. The van der Waals surface area contributed by atoms with Gasteiger partial charge in [0, 0.05) is 18.6 Å². The summed E-state index contributed by atoms with van der Waals surface area (Å²) in [4.78, 5) is 0. The van der Waals surface area contributed by atoms with Crippen molar-refractivity contribution in [2.75, 3.05) is 0 Å². The highest BCUT2D eigenvalue weighted by atomic mass is 35.5. The van der Waals surface area contributed by atoms with Crippen LogP contribution in [-0.4, -0.2) is 14.8 Å². The molecule has 0 fully saturated rings. The lowest BCUT2D eigenvalue weighted by molar-refractivity contribution is 0.635. The van der Waals surface area contributed by atoms with Crippen molar-refractivity contribution in [1.29, 1.82) is 0 Å². The van der Waals surface area contributed by atoms with Crippen LogP contribution in [-0.2, 0) is 20.1 Å². The van der Waals surface area contributed by atoms with Gasteiger partial charge < -0.3 is 9.88 Å². The Balaban J connectivity index is 1.92. The zero-order valence-electron chi connectivity index (χ0n) is 9.94. The lowest BCUT2D eigenvalue weighted by atomic mass is 10.1. The Labute approximate surface area is 106 Å². The Kier molecular flexibility index (Phi) is 3.76. The molecule has 1 heterocycles. The van der Waals surface area contributed by atoms with Gasteiger partial charge in [-0.15, -0.1) is 10.2 Å². The van der Waals surface area contributed by atoms with Gasteiger partial charge in [-0.3, -0.25) is 0 Å². The second-order valence-electron chi connectivity index (χ2n) is 4.03. The Morgan fingerprint density at radius 3 is 2.82 bits per heavy atom. The number of halogens is 1. The zero-order chi connectivity index (χ0) is 12.3. The number of rotatable bonds is 4. The highest BCUT2D eigenvalue weighted by molar-refractivity contribution is 6.30. The third-order valence-electron chi connectivity index (χ3n) is 2.71. The summed E-state index contributed by atoms with van der Waals surface area (Å²) in [7, 11) is 1.94. The minimum atomic E-state index is 0.707. The first kappa shape index (κ1) is 12.1. The average Bonchev–Trinajstić information content (AvgIpc) is 2.68. The van der Waals surface area contributed by atoms with E-state index in [4.69, 9.17) is 11.6 Å². The Morgan fingerprint density at radius 1 is 1.35 bits per heavy atom. The van der Waals surface area contributed by atoms with Crippen LogP contribution in [0, 0.1) is 6.92 Å². The van der Waals surface area contributed by atoms with Gasteiger partial charge >= 0.3 is 0 Å². The molecule has 90 valence electrons. The second-order valence-corrected chi connectivity index (χ2v) is 4.47. The summed E-state index contributed by atoms with van der Waals surface area (Å²) < 4.78 is 1.90. The Hall–Kier alpha value is -1.39. The Bertz CT molecular complexity index is 507. The van der Waals surface area contributed by atoms with Crippen molar-refractivity contribution in [2.24, 2.45) is 7.05 Å². The van der Waals surface area contributed by atoms with E-state index in [-0.39, 0.29) is 0 Å². The molecule has 0 saturated carbocycles. The van der Waals surface area contributed by atoms with Crippen molar-refractivity contribution in [3.8, 4) is 0 Å². The number of aromatic nitrogens is 3. The number of nitrogens with zero attached hydrogens (tertiary/aromatic N) is 3. The van der Waals surface area contributed by atoms with Crippen LogP contribution in [0.4, 0.5) is 0 Å². The normalized spacial score (nSPS) is 10.8. The van der Waals surface area contributed by atoms with Gasteiger partial charge in [0.15, 0.2) is 0 Å². The van der Waals surface area contributed by atoms with Crippen LogP contribution in [0.15, 0.2) is 24.5 Å². The molecule has 2 aromatic rings. The first-order valence-electron chi connectivity index (χ1n) is 5.45. The fourth-order valence-electron chi connectivity index (χ4n) is 1.63. The molecule has 0 saturated heterocycles. The third kappa shape index (κ3) is 3.05. The minimum absolute atomic E-state index is 0.707. The molecule has 4 nitrogen and oxygen atoms in total. The van der Waals surface area contributed by atoms with Gasteiger partial charge in [-0.05, 0) is 30.2 Å². The SMILES string of the molecule is Cc1cc(Cl)ccc1CNCc1nncn1C. The predicted octanol–water partition coefficient (Wildman–Crippen LogP) is 2.07. The molecule has 0 radical (unpaired) electrons. The van der Waals surface area contributed by atoms with E-state index < -0.39 is 0 Å². The summed E-state index contributed by atoms with van der Waals surface area (Å²) in [5.41, 5.74) is 2.44. The van der Waals surface area contributed by atoms with Crippen LogP contribution >= 0.6 is 11.6 Å². The third-order valence-corrected chi connectivity index (χ3v) is 2.94. The van der Waals surface area contributed by atoms with Crippen LogP contribution in [0.1, 0.15) is 17.0 Å². The molecule has 0 aliphatic carbocycles. The lowest BCUT2D eigenvalue weighted by Crippen LogP contribution is -2.16.